The first kappa shape index (κ1) is 22.6. The second kappa shape index (κ2) is 12.0. The standard InChI is InChI=1S/C21H32N6.HI/c1-3-22-21(24-16-18-12-10-17(2)11-13-18)23-14-7-9-20-26-25-19-8-5-4-6-15-27(19)20;/h10-13H,3-9,14-16H2,1-2H3,(H2,22,23,24);1H. The maximum Gasteiger partial charge on any atom is 0.191 e. The topological polar surface area (TPSA) is 67.1 Å². The summed E-state index contributed by atoms with van der Waals surface area (Å²) in [5.74, 6) is 3.18. The van der Waals surface area contributed by atoms with Gasteiger partial charge in [0.05, 0.1) is 6.54 Å². The fourth-order valence-electron chi connectivity index (χ4n) is 3.39. The average Bonchev–Trinajstić information content (AvgIpc) is 2.90. The molecule has 0 fully saturated rings. The van der Waals surface area contributed by atoms with Gasteiger partial charge in [-0.15, -0.1) is 34.2 Å². The molecule has 1 aliphatic rings. The Kier molecular flexibility index (Phi) is 9.73. The van der Waals surface area contributed by atoms with Crippen LogP contribution in [0.2, 0.25) is 0 Å². The van der Waals surface area contributed by atoms with Crippen molar-refractivity contribution in [1.82, 2.24) is 25.4 Å². The number of hydrogen-bond donors (Lipinski definition) is 2. The van der Waals surface area contributed by atoms with Crippen molar-refractivity contribution in [3.05, 3.63) is 47.0 Å². The van der Waals surface area contributed by atoms with Crippen LogP contribution in [0.25, 0.3) is 0 Å². The summed E-state index contributed by atoms with van der Waals surface area (Å²) in [5, 5.41) is 15.6. The Labute approximate surface area is 185 Å². The number of nitrogens with one attached hydrogen (secondary N) is 2. The fraction of sp³-hybridized carbons (Fsp3) is 0.571. The first-order valence-electron chi connectivity index (χ1n) is 10.2. The number of benzene rings is 1. The molecule has 0 aliphatic carbocycles. The highest BCUT2D eigenvalue weighted by Crippen LogP contribution is 2.15. The van der Waals surface area contributed by atoms with E-state index < -0.39 is 0 Å². The summed E-state index contributed by atoms with van der Waals surface area (Å²) in [6.45, 7) is 7.69. The molecule has 0 radical (unpaired) electrons. The van der Waals surface area contributed by atoms with Crippen LogP contribution in [0.3, 0.4) is 0 Å². The molecule has 0 unspecified atom stereocenters. The van der Waals surface area contributed by atoms with Gasteiger partial charge in [-0.1, -0.05) is 36.2 Å². The molecule has 1 aliphatic heterocycles. The van der Waals surface area contributed by atoms with Gasteiger partial charge in [0.25, 0.3) is 0 Å². The first-order valence-corrected chi connectivity index (χ1v) is 10.2. The van der Waals surface area contributed by atoms with Crippen molar-refractivity contribution in [2.24, 2.45) is 4.99 Å². The van der Waals surface area contributed by atoms with Crippen LogP contribution < -0.4 is 10.6 Å². The summed E-state index contributed by atoms with van der Waals surface area (Å²) in [6, 6.07) is 8.54. The molecule has 0 bridgehead atoms. The minimum Gasteiger partial charge on any atom is -0.357 e. The lowest BCUT2D eigenvalue weighted by molar-refractivity contribution is 0.594. The largest absolute Gasteiger partial charge is 0.357 e. The van der Waals surface area contributed by atoms with E-state index in [9.17, 15) is 0 Å². The zero-order chi connectivity index (χ0) is 18.9. The van der Waals surface area contributed by atoms with Gasteiger partial charge in [0.1, 0.15) is 11.6 Å². The molecule has 1 aromatic carbocycles. The third kappa shape index (κ3) is 6.76. The molecule has 3 rings (SSSR count). The van der Waals surface area contributed by atoms with E-state index in [1.165, 1.54) is 36.2 Å². The number of halogens is 1. The van der Waals surface area contributed by atoms with Crippen LogP contribution in [0.4, 0.5) is 0 Å². The second-order valence-electron chi connectivity index (χ2n) is 7.21. The number of guanidine groups is 1. The SMILES string of the molecule is CCNC(=NCc1ccc(C)cc1)NCCCc1nnc2n1CCCCC2.I. The smallest absolute Gasteiger partial charge is 0.191 e. The minimum atomic E-state index is 0. The monoisotopic (exact) mass is 496 g/mol. The molecular weight excluding hydrogens is 463 g/mol. The molecule has 2 heterocycles. The van der Waals surface area contributed by atoms with Crippen molar-refractivity contribution < 1.29 is 0 Å². The van der Waals surface area contributed by atoms with E-state index in [0.717, 1.165) is 50.7 Å². The van der Waals surface area contributed by atoms with Crippen LogP contribution in [-0.4, -0.2) is 33.8 Å². The number of aryl methyl sites for hydroxylation is 3. The van der Waals surface area contributed by atoms with Crippen molar-refractivity contribution in [3.63, 3.8) is 0 Å². The number of hydrogen-bond acceptors (Lipinski definition) is 3. The molecule has 2 N–H and O–H groups in total. The third-order valence-corrected chi connectivity index (χ3v) is 4.94. The zero-order valence-corrected chi connectivity index (χ0v) is 19.4. The molecule has 0 saturated carbocycles. The summed E-state index contributed by atoms with van der Waals surface area (Å²) >= 11 is 0. The van der Waals surface area contributed by atoms with Gasteiger partial charge in [0.15, 0.2) is 5.96 Å². The lowest BCUT2D eigenvalue weighted by Gasteiger charge is -2.12. The summed E-state index contributed by atoms with van der Waals surface area (Å²) in [4.78, 5) is 4.69. The molecule has 0 saturated heterocycles. The van der Waals surface area contributed by atoms with Crippen molar-refractivity contribution in [3.8, 4) is 0 Å². The van der Waals surface area contributed by atoms with Crippen molar-refractivity contribution in [2.45, 2.75) is 65.5 Å². The highest BCUT2D eigenvalue weighted by atomic mass is 127. The maximum atomic E-state index is 4.69. The van der Waals surface area contributed by atoms with E-state index in [1.807, 2.05) is 0 Å². The van der Waals surface area contributed by atoms with Gasteiger partial charge in [0, 0.05) is 32.5 Å². The summed E-state index contributed by atoms with van der Waals surface area (Å²) < 4.78 is 2.34. The van der Waals surface area contributed by atoms with E-state index in [2.05, 4.69) is 63.5 Å². The van der Waals surface area contributed by atoms with E-state index >= 15 is 0 Å². The van der Waals surface area contributed by atoms with Gasteiger partial charge in [-0.25, -0.2) is 4.99 Å². The van der Waals surface area contributed by atoms with Gasteiger partial charge >= 0.3 is 0 Å². The van der Waals surface area contributed by atoms with E-state index in [0.29, 0.717) is 6.54 Å². The zero-order valence-electron chi connectivity index (χ0n) is 17.1. The van der Waals surface area contributed by atoms with Crippen LogP contribution >= 0.6 is 24.0 Å². The molecule has 0 amide bonds. The Morgan fingerprint density at radius 3 is 2.71 bits per heavy atom. The fourth-order valence-corrected chi connectivity index (χ4v) is 3.39. The van der Waals surface area contributed by atoms with Gasteiger partial charge in [-0.3, -0.25) is 0 Å². The molecular formula is C21H33IN6. The number of aromatic nitrogens is 3. The molecule has 1 aromatic heterocycles. The van der Waals surface area contributed by atoms with Crippen LogP contribution in [0.15, 0.2) is 29.3 Å². The van der Waals surface area contributed by atoms with Crippen LogP contribution in [0.1, 0.15) is 55.4 Å². The summed E-state index contributed by atoms with van der Waals surface area (Å²) in [5.41, 5.74) is 2.50. The Morgan fingerprint density at radius 1 is 1.11 bits per heavy atom. The molecule has 2 aromatic rings. The van der Waals surface area contributed by atoms with Gasteiger partial charge in [-0.05, 0) is 38.7 Å². The quantitative estimate of drug-likeness (QED) is 0.266. The molecule has 154 valence electrons. The first-order chi connectivity index (χ1) is 13.3. The number of nitrogens with zero attached hydrogens (tertiary/aromatic N) is 4. The molecule has 0 spiro atoms. The Balaban J connectivity index is 0.00000280. The Morgan fingerprint density at radius 2 is 1.93 bits per heavy atom. The van der Waals surface area contributed by atoms with Gasteiger partial charge < -0.3 is 15.2 Å². The third-order valence-electron chi connectivity index (χ3n) is 4.94. The number of aliphatic imine (C=N–C) groups is 1. The normalized spacial score (nSPS) is 14.0. The van der Waals surface area contributed by atoms with E-state index in [4.69, 9.17) is 4.99 Å². The molecule has 0 atom stereocenters. The number of fused-ring (bicyclic) bond motifs is 1. The van der Waals surface area contributed by atoms with Gasteiger partial charge in [0.2, 0.25) is 0 Å². The molecule has 7 heteroatoms. The number of rotatable bonds is 7. The lowest BCUT2D eigenvalue weighted by Crippen LogP contribution is -2.37. The minimum absolute atomic E-state index is 0. The summed E-state index contributed by atoms with van der Waals surface area (Å²) in [6.07, 6.45) is 6.83. The lowest BCUT2D eigenvalue weighted by atomic mass is 10.1. The van der Waals surface area contributed by atoms with Crippen LogP contribution in [0, 0.1) is 6.92 Å². The predicted molar refractivity (Wildman–Crippen MR) is 125 cm³/mol. The highest BCUT2D eigenvalue weighted by molar-refractivity contribution is 14.0. The molecule has 28 heavy (non-hydrogen) atoms. The van der Waals surface area contributed by atoms with E-state index in [1.54, 1.807) is 0 Å². The van der Waals surface area contributed by atoms with Crippen molar-refractivity contribution >= 4 is 29.9 Å². The molecule has 6 nitrogen and oxygen atoms in total. The summed E-state index contributed by atoms with van der Waals surface area (Å²) in [7, 11) is 0. The Bertz CT molecular complexity index is 738. The second-order valence-corrected chi connectivity index (χ2v) is 7.21. The van der Waals surface area contributed by atoms with Crippen molar-refractivity contribution in [2.75, 3.05) is 13.1 Å². The average molecular weight is 496 g/mol. The predicted octanol–water partition coefficient (Wildman–Crippen LogP) is 3.62. The highest BCUT2D eigenvalue weighted by Gasteiger charge is 2.14. The van der Waals surface area contributed by atoms with Gasteiger partial charge in [-0.2, -0.15) is 0 Å². The van der Waals surface area contributed by atoms with E-state index in [-0.39, 0.29) is 24.0 Å². The van der Waals surface area contributed by atoms with Crippen molar-refractivity contribution in [1.29, 1.82) is 0 Å². The maximum absolute atomic E-state index is 4.69. The van der Waals surface area contributed by atoms with Crippen LogP contribution in [-0.2, 0) is 25.9 Å². The Hall–Kier alpha value is -1.64. The van der Waals surface area contributed by atoms with Crippen LogP contribution in [0.5, 0.6) is 0 Å².